The van der Waals surface area contributed by atoms with Crippen molar-refractivity contribution >= 4 is 23.2 Å². The Bertz CT molecular complexity index is 564. The number of hydrogen-bond donors (Lipinski definition) is 0. The van der Waals surface area contributed by atoms with Gasteiger partial charge >= 0.3 is 0 Å². The summed E-state index contributed by atoms with van der Waals surface area (Å²) in [4.78, 5) is 0. The molecule has 0 atom stereocenters. The Kier molecular flexibility index (Phi) is 4.15. The Balaban J connectivity index is 2.29. The minimum Gasteiger partial charge on any atom is -0.457 e. The van der Waals surface area contributed by atoms with Gasteiger partial charge in [-0.2, -0.15) is 0 Å². The molecule has 18 heavy (non-hydrogen) atoms. The largest absolute Gasteiger partial charge is 0.457 e. The lowest BCUT2D eigenvalue weighted by molar-refractivity contribution is 0.478. The standard InChI is InChI=1S/C15H14Cl2O/c1-10-4-3-5-15(11(10)2)18-13-7-6-12(9-16)14(17)8-13/h3-8H,9H2,1-2H3. The number of benzene rings is 2. The molecule has 1 nitrogen and oxygen atoms in total. The number of rotatable bonds is 3. The van der Waals surface area contributed by atoms with Crippen LogP contribution in [0.3, 0.4) is 0 Å². The van der Waals surface area contributed by atoms with Gasteiger partial charge in [0.25, 0.3) is 0 Å². The molecular formula is C15H14Cl2O. The molecule has 2 rings (SSSR count). The molecule has 94 valence electrons. The monoisotopic (exact) mass is 280 g/mol. The van der Waals surface area contributed by atoms with Crippen LogP contribution in [0, 0.1) is 13.8 Å². The first-order valence-electron chi connectivity index (χ1n) is 5.70. The minimum absolute atomic E-state index is 0.405. The zero-order chi connectivity index (χ0) is 13.1. The summed E-state index contributed by atoms with van der Waals surface area (Å²) in [7, 11) is 0. The van der Waals surface area contributed by atoms with E-state index < -0.39 is 0 Å². The van der Waals surface area contributed by atoms with Crippen LogP contribution < -0.4 is 4.74 Å². The predicted molar refractivity (Wildman–Crippen MR) is 77.0 cm³/mol. The molecule has 0 heterocycles. The lowest BCUT2D eigenvalue weighted by Crippen LogP contribution is -1.90. The van der Waals surface area contributed by atoms with Gasteiger partial charge in [-0.1, -0.05) is 29.8 Å². The van der Waals surface area contributed by atoms with E-state index in [1.165, 1.54) is 5.56 Å². The Morgan fingerprint density at radius 2 is 1.89 bits per heavy atom. The van der Waals surface area contributed by atoms with Gasteiger partial charge in [0.2, 0.25) is 0 Å². The molecule has 0 aliphatic rings. The molecule has 0 spiro atoms. The molecule has 2 aromatic carbocycles. The Labute approximate surface area is 117 Å². The van der Waals surface area contributed by atoms with Gasteiger partial charge in [0, 0.05) is 10.9 Å². The molecule has 0 fully saturated rings. The molecule has 0 aliphatic carbocycles. The van der Waals surface area contributed by atoms with E-state index in [1.807, 2.05) is 31.2 Å². The summed E-state index contributed by atoms with van der Waals surface area (Å²) in [5.41, 5.74) is 3.25. The third-order valence-electron chi connectivity index (χ3n) is 2.95. The van der Waals surface area contributed by atoms with Crippen LogP contribution in [0.1, 0.15) is 16.7 Å². The summed E-state index contributed by atoms with van der Waals surface area (Å²) in [5.74, 6) is 1.98. The predicted octanol–water partition coefficient (Wildman–Crippen LogP) is 5.49. The Morgan fingerprint density at radius 1 is 1.11 bits per heavy atom. The summed E-state index contributed by atoms with van der Waals surface area (Å²) in [6.07, 6.45) is 0. The highest BCUT2D eigenvalue weighted by Gasteiger charge is 2.05. The van der Waals surface area contributed by atoms with Crippen LogP contribution >= 0.6 is 23.2 Å². The summed E-state index contributed by atoms with van der Waals surface area (Å²) in [6, 6.07) is 11.5. The average Bonchev–Trinajstić information content (AvgIpc) is 2.35. The third kappa shape index (κ3) is 2.80. The highest BCUT2D eigenvalue weighted by atomic mass is 35.5. The number of aryl methyl sites for hydroxylation is 1. The summed E-state index contributed by atoms with van der Waals surface area (Å²) < 4.78 is 5.84. The fraction of sp³-hybridized carbons (Fsp3) is 0.200. The first kappa shape index (κ1) is 13.3. The molecule has 0 N–H and O–H groups in total. The van der Waals surface area contributed by atoms with E-state index in [0.29, 0.717) is 10.9 Å². The minimum atomic E-state index is 0.405. The highest BCUT2D eigenvalue weighted by Crippen LogP contribution is 2.30. The lowest BCUT2D eigenvalue weighted by Gasteiger charge is -2.11. The molecule has 0 saturated heterocycles. The number of ether oxygens (including phenoxy) is 1. The summed E-state index contributed by atoms with van der Waals surface area (Å²) >= 11 is 11.9. The average molecular weight is 281 g/mol. The van der Waals surface area contributed by atoms with Crippen molar-refractivity contribution in [3.05, 3.63) is 58.1 Å². The van der Waals surface area contributed by atoms with Crippen molar-refractivity contribution < 1.29 is 4.74 Å². The molecule has 0 saturated carbocycles. The molecule has 3 heteroatoms. The summed E-state index contributed by atoms with van der Waals surface area (Å²) in [5, 5.41) is 0.632. The third-order valence-corrected chi connectivity index (χ3v) is 3.59. The van der Waals surface area contributed by atoms with Crippen molar-refractivity contribution in [2.45, 2.75) is 19.7 Å². The van der Waals surface area contributed by atoms with Gasteiger partial charge in [-0.15, -0.1) is 11.6 Å². The van der Waals surface area contributed by atoms with Gasteiger partial charge in [-0.25, -0.2) is 0 Å². The first-order chi connectivity index (χ1) is 8.61. The van der Waals surface area contributed by atoms with E-state index >= 15 is 0 Å². The highest BCUT2D eigenvalue weighted by molar-refractivity contribution is 6.32. The second kappa shape index (κ2) is 5.64. The van der Waals surface area contributed by atoms with E-state index in [9.17, 15) is 0 Å². The van der Waals surface area contributed by atoms with E-state index in [2.05, 4.69) is 13.0 Å². The maximum absolute atomic E-state index is 6.10. The molecule has 0 aliphatic heterocycles. The van der Waals surface area contributed by atoms with Gasteiger partial charge in [0.1, 0.15) is 11.5 Å². The van der Waals surface area contributed by atoms with Crippen LogP contribution in [0.15, 0.2) is 36.4 Å². The smallest absolute Gasteiger partial charge is 0.130 e. The second-order valence-electron chi connectivity index (χ2n) is 4.19. The Morgan fingerprint density at radius 3 is 2.56 bits per heavy atom. The second-order valence-corrected chi connectivity index (χ2v) is 4.86. The van der Waals surface area contributed by atoms with Crippen LogP contribution in [-0.4, -0.2) is 0 Å². The fourth-order valence-electron chi connectivity index (χ4n) is 1.66. The van der Waals surface area contributed by atoms with Crippen molar-refractivity contribution in [3.8, 4) is 11.5 Å². The normalized spacial score (nSPS) is 10.4. The van der Waals surface area contributed by atoms with Crippen LogP contribution in [0.4, 0.5) is 0 Å². The van der Waals surface area contributed by atoms with E-state index in [1.54, 1.807) is 6.07 Å². The van der Waals surface area contributed by atoms with Crippen LogP contribution in [0.5, 0.6) is 11.5 Å². The van der Waals surface area contributed by atoms with Crippen LogP contribution in [0.25, 0.3) is 0 Å². The van der Waals surface area contributed by atoms with Crippen molar-refractivity contribution in [1.82, 2.24) is 0 Å². The zero-order valence-electron chi connectivity index (χ0n) is 10.3. The Hall–Kier alpha value is -1.18. The molecular weight excluding hydrogens is 267 g/mol. The zero-order valence-corrected chi connectivity index (χ0v) is 11.8. The topological polar surface area (TPSA) is 9.23 Å². The maximum Gasteiger partial charge on any atom is 0.130 e. The fourth-order valence-corrected chi connectivity index (χ4v) is 2.20. The summed E-state index contributed by atoms with van der Waals surface area (Å²) in [6.45, 7) is 4.10. The lowest BCUT2D eigenvalue weighted by atomic mass is 10.1. The molecule has 0 amide bonds. The van der Waals surface area contributed by atoms with Crippen LogP contribution in [-0.2, 0) is 5.88 Å². The number of hydrogen-bond acceptors (Lipinski definition) is 1. The van der Waals surface area contributed by atoms with Gasteiger partial charge in [-0.05, 0) is 48.7 Å². The first-order valence-corrected chi connectivity index (χ1v) is 6.61. The van der Waals surface area contributed by atoms with Gasteiger partial charge in [0.05, 0.1) is 0 Å². The van der Waals surface area contributed by atoms with Gasteiger partial charge in [-0.3, -0.25) is 0 Å². The van der Waals surface area contributed by atoms with Crippen molar-refractivity contribution in [2.24, 2.45) is 0 Å². The van der Waals surface area contributed by atoms with Gasteiger partial charge in [0.15, 0.2) is 0 Å². The van der Waals surface area contributed by atoms with Crippen molar-refractivity contribution in [3.63, 3.8) is 0 Å². The van der Waals surface area contributed by atoms with Crippen molar-refractivity contribution in [1.29, 1.82) is 0 Å². The van der Waals surface area contributed by atoms with E-state index in [4.69, 9.17) is 27.9 Å². The quantitative estimate of drug-likeness (QED) is 0.676. The SMILES string of the molecule is Cc1cccc(Oc2ccc(CCl)c(Cl)c2)c1C. The molecule has 0 aromatic heterocycles. The maximum atomic E-state index is 6.10. The number of alkyl halides is 1. The van der Waals surface area contributed by atoms with Crippen molar-refractivity contribution in [2.75, 3.05) is 0 Å². The molecule has 0 bridgehead atoms. The van der Waals surface area contributed by atoms with E-state index in [-0.39, 0.29) is 0 Å². The van der Waals surface area contributed by atoms with Crippen LogP contribution in [0.2, 0.25) is 5.02 Å². The number of halogens is 2. The molecule has 2 aromatic rings. The van der Waals surface area contributed by atoms with Gasteiger partial charge < -0.3 is 4.74 Å². The van der Waals surface area contributed by atoms with E-state index in [0.717, 1.165) is 22.6 Å². The molecule has 0 radical (unpaired) electrons. The molecule has 0 unspecified atom stereocenters.